The summed E-state index contributed by atoms with van der Waals surface area (Å²) in [6, 6.07) is 14.1. The zero-order chi connectivity index (χ0) is 20.8. The first kappa shape index (κ1) is 25.0. The molecule has 4 nitrogen and oxygen atoms in total. The number of anilines is 1. The number of fused-ring (bicyclic) bond motifs is 1. The lowest BCUT2D eigenvalue weighted by molar-refractivity contribution is 0.0983. The molecule has 3 aromatic rings. The van der Waals surface area contributed by atoms with Crippen molar-refractivity contribution in [1.29, 1.82) is 0 Å². The summed E-state index contributed by atoms with van der Waals surface area (Å²) in [5.74, 6) is 0.0119. The van der Waals surface area contributed by atoms with Gasteiger partial charge in [0.05, 0.1) is 10.2 Å². The molecule has 0 aliphatic carbocycles. The lowest BCUT2D eigenvalue weighted by Gasteiger charge is -2.25. The molecule has 30 heavy (non-hydrogen) atoms. The molecule has 0 aliphatic heterocycles. The Labute approximate surface area is 197 Å². The predicted octanol–water partition coefficient (Wildman–Crippen LogP) is 6.15. The third kappa shape index (κ3) is 5.71. The van der Waals surface area contributed by atoms with Crippen LogP contribution in [-0.4, -0.2) is 54.5 Å². The zero-order valence-electron chi connectivity index (χ0n) is 17.8. The van der Waals surface area contributed by atoms with Gasteiger partial charge in [0.1, 0.15) is 0 Å². The van der Waals surface area contributed by atoms with Gasteiger partial charge in [0.25, 0.3) is 5.91 Å². The number of aromatic nitrogens is 1. The highest BCUT2D eigenvalue weighted by atomic mass is 35.5. The van der Waals surface area contributed by atoms with Gasteiger partial charge >= 0.3 is 0 Å². The molecule has 1 amide bonds. The molecule has 0 radical (unpaired) electrons. The minimum atomic E-state index is 0. The van der Waals surface area contributed by atoms with Crippen LogP contribution in [0.25, 0.3) is 10.2 Å². The summed E-state index contributed by atoms with van der Waals surface area (Å²) in [6.07, 6.45) is 4.09. The molecule has 1 heterocycles. The average molecular weight is 482 g/mol. The molecular formula is C22H28ClN3OS3. The van der Waals surface area contributed by atoms with E-state index in [2.05, 4.69) is 43.2 Å². The van der Waals surface area contributed by atoms with Crippen LogP contribution in [0, 0.1) is 0 Å². The first-order valence-corrected chi connectivity index (χ1v) is 13.0. The summed E-state index contributed by atoms with van der Waals surface area (Å²) in [7, 11) is 0. The van der Waals surface area contributed by atoms with E-state index in [1.54, 1.807) is 34.9 Å². The quantitative estimate of drug-likeness (QED) is 0.342. The normalized spacial score (nSPS) is 11.0. The van der Waals surface area contributed by atoms with Crippen LogP contribution in [0.1, 0.15) is 24.2 Å². The van der Waals surface area contributed by atoms with Crippen molar-refractivity contribution in [2.75, 3.05) is 43.6 Å². The van der Waals surface area contributed by atoms with E-state index in [4.69, 9.17) is 4.98 Å². The van der Waals surface area contributed by atoms with E-state index in [1.165, 1.54) is 0 Å². The molecule has 0 unspecified atom stereocenters. The van der Waals surface area contributed by atoms with Gasteiger partial charge in [-0.05, 0) is 55.9 Å². The minimum absolute atomic E-state index is 0. The van der Waals surface area contributed by atoms with Crippen LogP contribution in [0.3, 0.4) is 0 Å². The molecule has 162 valence electrons. The first-order valence-electron chi connectivity index (χ1n) is 9.73. The number of thioether (sulfide) groups is 2. The molecule has 0 saturated carbocycles. The highest BCUT2D eigenvalue weighted by Crippen LogP contribution is 2.34. The second-order valence-corrected chi connectivity index (χ2v) is 9.26. The summed E-state index contributed by atoms with van der Waals surface area (Å²) in [6.45, 7) is 7.69. The van der Waals surface area contributed by atoms with Gasteiger partial charge in [-0.3, -0.25) is 9.69 Å². The molecule has 0 spiro atoms. The molecule has 0 fully saturated rings. The van der Waals surface area contributed by atoms with Crippen molar-refractivity contribution < 1.29 is 4.79 Å². The van der Waals surface area contributed by atoms with Gasteiger partial charge in [0, 0.05) is 28.4 Å². The van der Waals surface area contributed by atoms with Gasteiger partial charge in [-0.1, -0.05) is 37.3 Å². The third-order valence-electron chi connectivity index (χ3n) is 4.92. The lowest BCUT2D eigenvalue weighted by atomic mass is 10.2. The van der Waals surface area contributed by atoms with Gasteiger partial charge in [-0.15, -0.1) is 35.9 Å². The van der Waals surface area contributed by atoms with Crippen molar-refractivity contribution in [3.8, 4) is 0 Å². The Balaban J connectivity index is 0.00000320. The fraction of sp³-hybridized carbons (Fsp3) is 0.364. The smallest absolute Gasteiger partial charge is 0.260 e. The second-order valence-electron chi connectivity index (χ2n) is 6.52. The number of benzene rings is 2. The second kappa shape index (κ2) is 12.0. The van der Waals surface area contributed by atoms with E-state index in [1.807, 2.05) is 35.4 Å². The Morgan fingerprint density at radius 1 is 1.03 bits per heavy atom. The fourth-order valence-electron chi connectivity index (χ4n) is 3.17. The Bertz CT molecular complexity index is 975. The van der Waals surface area contributed by atoms with Gasteiger partial charge in [0.2, 0.25) is 0 Å². The molecule has 0 saturated heterocycles. The number of rotatable bonds is 9. The highest BCUT2D eigenvalue weighted by molar-refractivity contribution is 7.99. The highest BCUT2D eigenvalue weighted by Gasteiger charge is 2.22. The molecule has 3 rings (SSSR count). The van der Waals surface area contributed by atoms with Crippen LogP contribution in [0.15, 0.2) is 52.3 Å². The Morgan fingerprint density at radius 3 is 2.43 bits per heavy atom. The molecule has 2 aromatic carbocycles. The van der Waals surface area contributed by atoms with E-state index in [0.29, 0.717) is 12.1 Å². The van der Waals surface area contributed by atoms with Crippen LogP contribution in [0.4, 0.5) is 5.13 Å². The Morgan fingerprint density at radius 2 is 1.77 bits per heavy atom. The molecule has 1 aromatic heterocycles. The lowest BCUT2D eigenvalue weighted by Crippen LogP contribution is -2.38. The Hall–Kier alpha value is -1.25. The zero-order valence-corrected chi connectivity index (χ0v) is 21.0. The number of hydrogen-bond acceptors (Lipinski definition) is 6. The number of thiazole rings is 1. The predicted molar refractivity (Wildman–Crippen MR) is 136 cm³/mol. The number of carbonyl (C=O) groups excluding carboxylic acids is 1. The van der Waals surface area contributed by atoms with Crippen LogP contribution < -0.4 is 4.90 Å². The molecule has 0 aliphatic rings. The molecule has 0 N–H and O–H groups in total. The molecular weight excluding hydrogens is 454 g/mol. The summed E-state index contributed by atoms with van der Waals surface area (Å²) in [5.41, 5.74) is 1.69. The topological polar surface area (TPSA) is 36.4 Å². The molecule has 0 atom stereocenters. The Kier molecular flexibility index (Phi) is 9.97. The summed E-state index contributed by atoms with van der Waals surface area (Å²) < 4.78 is 1.12. The maximum absolute atomic E-state index is 13.5. The monoisotopic (exact) mass is 481 g/mol. The van der Waals surface area contributed by atoms with Gasteiger partial charge in [-0.25, -0.2) is 4.98 Å². The maximum atomic E-state index is 13.5. The van der Waals surface area contributed by atoms with Crippen molar-refractivity contribution in [3.63, 3.8) is 0 Å². The SMILES string of the molecule is CCN(CC)CCN(C(=O)c1cccc(SC)c1)c1nc2c(SC)cccc2s1.Cl. The van der Waals surface area contributed by atoms with Gasteiger partial charge < -0.3 is 4.90 Å². The number of hydrogen-bond donors (Lipinski definition) is 0. The number of nitrogens with zero attached hydrogens (tertiary/aromatic N) is 3. The number of amides is 1. The number of para-hydroxylation sites is 1. The van der Waals surface area contributed by atoms with E-state index in [0.717, 1.165) is 44.8 Å². The minimum Gasteiger partial charge on any atom is -0.302 e. The molecule has 0 bridgehead atoms. The van der Waals surface area contributed by atoms with E-state index in [9.17, 15) is 4.79 Å². The number of likely N-dealkylation sites (N-methyl/N-ethyl adjacent to an activating group) is 1. The van der Waals surface area contributed by atoms with Gasteiger partial charge in [0.15, 0.2) is 5.13 Å². The summed E-state index contributed by atoms with van der Waals surface area (Å²) >= 11 is 4.93. The largest absolute Gasteiger partial charge is 0.302 e. The maximum Gasteiger partial charge on any atom is 0.260 e. The van der Waals surface area contributed by atoms with Crippen molar-refractivity contribution in [3.05, 3.63) is 48.0 Å². The van der Waals surface area contributed by atoms with Crippen molar-refractivity contribution >= 4 is 68.5 Å². The van der Waals surface area contributed by atoms with E-state index in [-0.39, 0.29) is 18.3 Å². The molecule has 8 heteroatoms. The van der Waals surface area contributed by atoms with Crippen molar-refractivity contribution in [1.82, 2.24) is 9.88 Å². The van der Waals surface area contributed by atoms with Crippen molar-refractivity contribution in [2.45, 2.75) is 23.6 Å². The third-order valence-corrected chi connectivity index (χ3v) is 7.46. The number of carbonyl (C=O) groups is 1. The number of halogens is 1. The van der Waals surface area contributed by atoms with Crippen molar-refractivity contribution in [2.24, 2.45) is 0 Å². The average Bonchev–Trinajstić information content (AvgIpc) is 3.20. The van der Waals surface area contributed by atoms with Crippen LogP contribution in [0.2, 0.25) is 0 Å². The standard InChI is InChI=1S/C22H27N3OS3.ClH/c1-5-24(6-2)13-14-25(21(26)16-9-7-10-17(15-16)27-3)22-23-20-18(28-4)11-8-12-19(20)29-22;/h7-12,15H,5-6,13-14H2,1-4H3;1H. The summed E-state index contributed by atoms with van der Waals surface area (Å²) in [5, 5.41) is 0.771. The van der Waals surface area contributed by atoms with E-state index >= 15 is 0 Å². The fourth-order valence-corrected chi connectivity index (χ4v) is 5.27. The van der Waals surface area contributed by atoms with E-state index < -0.39 is 0 Å². The van der Waals surface area contributed by atoms with Crippen LogP contribution >= 0.6 is 47.3 Å². The van der Waals surface area contributed by atoms with Crippen LogP contribution in [0.5, 0.6) is 0 Å². The summed E-state index contributed by atoms with van der Waals surface area (Å²) in [4.78, 5) is 24.8. The van der Waals surface area contributed by atoms with Crippen LogP contribution in [-0.2, 0) is 0 Å². The van der Waals surface area contributed by atoms with Gasteiger partial charge in [-0.2, -0.15) is 0 Å². The first-order chi connectivity index (χ1) is 14.1.